The quantitative estimate of drug-likeness (QED) is 0.722. The summed E-state index contributed by atoms with van der Waals surface area (Å²) in [6, 6.07) is 3.78. The van der Waals surface area contributed by atoms with E-state index in [4.69, 9.17) is 9.84 Å². The van der Waals surface area contributed by atoms with Crippen LogP contribution in [0.15, 0.2) is 18.3 Å². The van der Waals surface area contributed by atoms with Gasteiger partial charge in [-0.25, -0.2) is 4.98 Å². The van der Waals surface area contributed by atoms with Crippen LogP contribution in [0.5, 0.6) is 5.88 Å². The molecule has 0 fully saturated rings. The molecule has 4 nitrogen and oxygen atoms in total. The summed E-state index contributed by atoms with van der Waals surface area (Å²) in [7, 11) is 1.59. The normalized spacial score (nSPS) is 12.5. The minimum Gasteiger partial charge on any atom is -0.481 e. The minimum atomic E-state index is -0.321. The Balaban J connectivity index is 2.42. The van der Waals surface area contributed by atoms with Crippen LogP contribution < -0.4 is 10.1 Å². The van der Waals surface area contributed by atoms with Gasteiger partial charge < -0.3 is 15.2 Å². The summed E-state index contributed by atoms with van der Waals surface area (Å²) in [6.45, 7) is 3.05. The zero-order valence-electron chi connectivity index (χ0n) is 8.53. The fourth-order valence-corrected chi connectivity index (χ4v) is 1.10. The highest BCUT2D eigenvalue weighted by Crippen LogP contribution is 2.07. The van der Waals surface area contributed by atoms with Gasteiger partial charge in [-0.3, -0.25) is 0 Å². The van der Waals surface area contributed by atoms with Gasteiger partial charge in [0.2, 0.25) is 5.88 Å². The molecule has 0 spiro atoms. The highest BCUT2D eigenvalue weighted by Gasteiger charge is 1.98. The Labute approximate surface area is 83.9 Å². The van der Waals surface area contributed by atoms with E-state index >= 15 is 0 Å². The average Bonchev–Trinajstić information content (AvgIpc) is 2.18. The molecule has 1 atom stereocenters. The maximum absolute atomic E-state index is 9.03. The molecule has 1 heterocycles. The van der Waals surface area contributed by atoms with E-state index in [9.17, 15) is 0 Å². The zero-order valence-corrected chi connectivity index (χ0v) is 8.53. The van der Waals surface area contributed by atoms with Crippen molar-refractivity contribution in [3.8, 4) is 5.88 Å². The molecule has 0 aliphatic rings. The van der Waals surface area contributed by atoms with E-state index in [1.165, 1.54) is 0 Å². The van der Waals surface area contributed by atoms with Crippen molar-refractivity contribution >= 4 is 0 Å². The molecule has 0 aromatic carbocycles. The van der Waals surface area contributed by atoms with E-state index in [2.05, 4.69) is 10.3 Å². The molecule has 0 amide bonds. The van der Waals surface area contributed by atoms with Crippen molar-refractivity contribution in [3.63, 3.8) is 0 Å². The zero-order chi connectivity index (χ0) is 10.4. The van der Waals surface area contributed by atoms with E-state index < -0.39 is 0 Å². The second kappa shape index (κ2) is 5.57. The van der Waals surface area contributed by atoms with E-state index in [1.807, 2.05) is 12.1 Å². The SMILES string of the molecule is COc1cc(CNC[C@H](C)O)ccn1. The lowest BCUT2D eigenvalue weighted by molar-refractivity contribution is 0.191. The minimum absolute atomic E-state index is 0.321. The number of hydrogen-bond donors (Lipinski definition) is 2. The number of aromatic nitrogens is 1. The topological polar surface area (TPSA) is 54.4 Å². The first-order valence-corrected chi connectivity index (χ1v) is 4.60. The van der Waals surface area contributed by atoms with Crippen molar-refractivity contribution in [1.82, 2.24) is 10.3 Å². The lowest BCUT2D eigenvalue weighted by Crippen LogP contribution is -2.23. The first kappa shape index (κ1) is 10.9. The van der Waals surface area contributed by atoms with Gasteiger partial charge in [0, 0.05) is 25.4 Å². The largest absolute Gasteiger partial charge is 0.481 e. The molecule has 0 bridgehead atoms. The van der Waals surface area contributed by atoms with Crippen molar-refractivity contribution in [1.29, 1.82) is 0 Å². The van der Waals surface area contributed by atoms with Gasteiger partial charge in [-0.2, -0.15) is 0 Å². The predicted octanol–water partition coefficient (Wildman–Crippen LogP) is 0.561. The Morgan fingerprint density at radius 2 is 2.43 bits per heavy atom. The van der Waals surface area contributed by atoms with Crippen LogP contribution in [-0.4, -0.2) is 29.8 Å². The van der Waals surface area contributed by atoms with Crippen LogP contribution in [-0.2, 0) is 6.54 Å². The molecule has 0 aliphatic heterocycles. The van der Waals surface area contributed by atoms with Gasteiger partial charge in [-0.05, 0) is 18.6 Å². The molecule has 1 aromatic heterocycles. The van der Waals surface area contributed by atoms with Gasteiger partial charge in [0.15, 0.2) is 0 Å². The van der Waals surface area contributed by atoms with E-state index in [0.717, 1.165) is 5.56 Å². The van der Waals surface area contributed by atoms with Gasteiger partial charge in [-0.1, -0.05) is 0 Å². The van der Waals surface area contributed by atoms with Crippen molar-refractivity contribution < 1.29 is 9.84 Å². The van der Waals surface area contributed by atoms with Crippen molar-refractivity contribution in [3.05, 3.63) is 23.9 Å². The second-order valence-electron chi connectivity index (χ2n) is 3.19. The fourth-order valence-electron chi connectivity index (χ4n) is 1.10. The summed E-state index contributed by atoms with van der Waals surface area (Å²) < 4.78 is 4.99. The Bertz CT molecular complexity index is 277. The van der Waals surface area contributed by atoms with E-state index in [0.29, 0.717) is 19.0 Å². The Morgan fingerprint density at radius 1 is 1.64 bits per heavy atom. The number of nitrogens with zero attached hydrogens (tertiary/aromatic N) is 1. The van der Waals surface area contributed by atoms with Crippen LogP contribution in [0, 0.1) is 0 Å². The van der Waals surface area contributed by atoms with Crippen molar-refractivity contribution in [2.24, 2.45) is 0 Å². The first-order chi connectivity index (χ1) is 6.72. The van der Waals surface area contributed by atoms with Gasteiger partial charge in [-0.15, -0.1) is 0 Å². The number of rotatable bonds is 5. The Morgan fingerprint density at radius 3 is 3.07 bits per heavy atom. The van der Waals surface area contributed by atoms with Crippen LogP contribution in [0.3, 0.4) is 0 Å². The van der Waals surface area contributed by atoms with Gasteiger partial charge in [0.05, 0.1) is 13.2 Å². The van der Waals surface area contributed by atoms with Crippen LogP contribution in [0.1, 0.15) is 12.5 Å². The van der Waals surface area contributed by atoms with E-state index in [-0.39, 0.29) is 6.10 Å². The first-order valence-electron chi connectivity index (χ1n) is 4.60. The van der Waals surface area contributed by atoms with Crippen molar-refractivity contribution in [2.75, 3.05) is 13.7 Å². The molecular formula is C10H16N2O2. The second-order valence-corrected chi connectivity index (χ2v) is 3.19. The summed E-state index contributed by atoms with van der Waals surface area (Å²) in [5.41, 5.74) is 1.09. The molecule has 0 unspecified atom stereocenters. The molecule has 2 N–H and O–H groups in total. The maximum Gasteiger partial charge on any atom is 0.213 e. The summed E-state index contributed by atoms with van der Waals surface area (Å²) in [5, 5.41) is 12.2. The number of ether oxygens (including phenoxy) is 1. The Hall–Kier alpha value is -1.13. The molecule has 14 heavy (non-hydrogen) atoms. The summed E-state index contributed by atoms with van der Waals surface area (Å²) in [4.78, 5) is 4.00. The fraction of sp³-hybridized carbons (Fsp3) is 0.500. The molecule has 1 aromatic rings. The summed E-state index contributed by atoms with van der Waals surface area (Å²) >= 11 is 0. The number of methoxy groups -OCH3 is 1. The molecule has 1 rings (SSSR count). The smallest absolute Gasteiger partial charge is 0.213 e. The highest BCUT2D eigenvalue weighted by atomic mass is 16.5. The average molecular weight is 196 g/mol. The molecule has 4 heteroatoms. The number of aliphatic hydroxyl groups excluding tert-OH is 1. The molecule has 0 aliphatic carbocycles. The lowest BCUT2D eigenvalue weighted by atomic mass is 10.2. The monoisotopic (exact) mass is 196 g/mol. The van der Waals surface area contributed by atoms with Crippen LogP contribution >= 0.6 is 0 Å². The molecule has 78 valence electrons. The van der Waals surface area contributed by atoms with Gasteiger partial charge in [0.1, 0.15) is 0 Å². The number of aliphatic hydroxyl groups is 1. The Kier molecular flexibility index (Phi) is 4.35. The summed E-state index contributed by atoms with van der Waals surface area (Å²) in [5.74, 6) is 0.612. The third-order valence-corrected chi connectivity index (χ3v) is 1.78. The number of pyridine rings is 1. The third-order valence-electron chi connectivity index (χ3n) is 1.78. The summed E-state index contributed by atoms with van der Waals surface area (Å²) in [6.07, 6.45) is 1.39. The van der Waals surface area contributed by atoms with Crippen LogP contribution in [0.2, 0.25) is 0 Å². The standard InChI is InChI=1S/C10H16N2O2/c1-8(13)6-11-7-9-3-4-12-10(5-9)14-2/h3-5,8,11,13H,6-7H2,1-2H3/t8-/m0/s1. The number of hydrogen-bond acceptors (Lipinski definition) is 4. The predicted molar refractivity (Wildman–Crippen MR) is 54.2 cm³/mol. The van der Waals surface area contributed by atoms with Crippen LogP contribution in [0.4, 0.5) is 0 Å². The maximum atomic E-state index is 9.03. The van der Waals surface area contributed by atoms with Crippen molar-refractivity contribution in [2.45, 2.75) is 19.6 Å². The third kappa shape index (κ3) is 3.72. The highest BCUT2D eigenvalue weighted by molar-refractivity contribution is 5.20. The van der Waals surface area contributed by atoms with Crippen LogP contribution in [0.25, 0.3) is 0 Å². The number of nitrogens with one attached hydrogen (secondary N) is 1. The molecule has 0 radical (unpaired) electrons. The lowest BCUT2D eigenvalue weighted by Gasteiger charge is -2.07. The van der Waals surface area contributed by atoms with Gasteiger partial charge in [0.25, 0.3) is 0 Å². The molecule has 0 saturated carbocycles. The molecule has 0 saturated heterocycles. The molecular weight excluding hydrogens is 180 g/mol. The van der Waals surface area contributed by atoms with Gasteiger partial charge >= 0.3 is 0 Å². The van der Waals surface area contributed by atoms with E-state index in [1.54, 1.807) is 20.2 Å².